The highest BCUT2D eigenvalue weighted by atomic mass is 32.2. The molecule has 1 nitrogen and oxygen atoms in total. The van der Waals surface area contributed by atoms with Crippen molar-refractivity contribution < 1.29 is 5.11 Å². The van der Waals surface area contributed by atoms with Crippen molar-refractivity contribution in [2.75, 3.05) is 11.5 Å². The molecule has 0 fully saturated rings. The van der Waals surface area contributed by atoms with Crippen LogP contribution in [0.5, 0.6) is 0 Å². The van der Waals surface area contributed by atoms with Crippen LogP contribution in [0.2, 0.25) is 0 Å². The van der Waals surface area contributed by atoms with Crippen molar-refractivity contribution in [1.29, 1.82) is 0 Å². The Bertz CT molecular complexity index is 71.6. The summed E-state index contributed by atoms with van der Waals surface area (Å²) in [6.07, 6.45) is 2.11. The smallest absolute Gasteiger partial charge is 0.0520 e. The van der Waals surface area contributed by atoms with Crippen LogP contribution in [0.1, 0.15) is 33.6 Å². The lowest BCUT2D eigenvalue weighted by molar-refractivity contribution is 0.192. The molecule has 11 heavy (non-hydrogen) atoms. The summed E-state index contributed by atoms with van der Waals surface area (Å²) in [5, 5.41) is 8.95. The van der Waals surface area contributed by atoms with Crippen LogP contribution in [0.15, 0.2) is 0 Å². The normalized spacial score (nSPS) is 13.9. The molecular weight excluding hydrogens is 156 g/mol. The van der Waals surface area contributed by atoms with Gasteiger partial charge in [-0.25, -0.2) is 0 Å². The van der Waals surface area contributed by atoms with Crippen molar-refractivity contribution in [3.63, 3.8) is 0 Å². The molecule has 0 spiro atoms. The second-order valence-electron chi connectivity index (χ2n) is 3.43. The molecule has 68 valence electrons. The predicted molar refractivity (Wildman–Crippen MR) is 53.1 cm³/mol. The number of aliphatic hydroxyl groups is 1. The Morgan fingerprint density at radius 3 is 2.09 bits per heavy atom. The molecule has 0 saturated carbocycles. The molecule has 0 aliphatic carbocycles. The monoisotopic (exact) mass is 176 g/mol. The molecule has 0 rings (SSSR count). The maximum absolute atomic E-state index is 8.95. The molecule has 0 radical (unpaired) electrons. The van der Waals surface area contributed by atoms with Gasteiger partial charge in [0.15, 0.2) is 0 Å². The second kappa shape index (κ2) is 6.99. The van der Waals surface area contributed by atoms with E-state index in [0.29, 0.717) is 0 Å². The highest BCUT2D eigenvalue weighted by Crippen LogP contribution is 2.10. The van der Waals surface area contributed by atoms with Gasteiger partial charge in [0.05, 0.1) is 6.10 Å². The van der Waals surface area contributed by atoms with Crippen LogP contribution in [0.25, 0.3) is 0 Å². The van der Waals surface area contributed by atoms with Crippen molar-refractivity contribution in [3.05, 3.63) is 0 Å². The third-order valence-corrected chi connectivity index (χ3v) is 2.57. The van der Waals surface area contributed by atoms with Gasteiger partial charge in [0.1, 0.15) is 0 Å². The van der Waals surface area contributed by atoms with Gasteiger partial charge >= 0.3 is 0 Å². The van der Waals surface area contributed by atoms with Gasteiger partial charge in [0, 0.05) is 0 Å². The molecule has 1 atom stereocenters. The summed E-state index contributed by atoms with van der Waals surface area (Å²) >= 11 is 1.95. The van der Waals surface area contributed by atoms with Gasteiger partial charge in [0.25, 0.3) is 0 Å². The minimum Gasteiger partial charge on any atom is -0.393 e. The van der Waals surface area contributed by atoms with Crippen molar-refractivity contribution >= 4 is 11.8 Å². The van der Waals surface area contributed by atoms with Crippen molar-refractivity contribution in [3.8, 4) is 0 Å². The van der Waals surface area contributed by atoms with Crippen LogP contribution < -0.4 is 0 Å². The zero-order valence-electron chi connectivity index (χ0n) is 7.84. The van der Waals surface area contributed by atoms with Gasteiger partial charge in [-0.05, 0) is 37.2 Å². The average Bonchev–Trinajstić information content (AvgIpc) is 1.85. The van der Waals surface area contributed by atoms with E-state index in [2.05, 4.69) is 13.8 Å². The van der Waals surface area contributed by atoms with E-state index >= 15 is 0 Å². The van der Waals surface area contributed by atoms with Gasteiger partial charge in [-0.2, -0.15) is 11.8 Å². The van der Waals surface area contributed by atoms with E-state index in [-0.39, 0.29) is 6.10 Å². The van der Waals surface area contributed by atoms with Gasteiger partial charge in [0.2, 0.25) is 0 Å². The van der Waals surface area contributed by atoms with E-state index in [4.69, 9.17) is 5.11 Å². The first kappa shape index (κ1) is 11.3. The van der Waals surface area contributed by atoms with Crippen LogP contribution in [0, 0.1) is 5.92 Å². The Hall–Kier alpha value is 0.310. The standard InChI is InChI=1S/C9H20OS/c1-8(2)4-6-11-7-5-9(3)10/h8-10H,4-7H2,1-3H3. The molecular formula is C9H20OS. The van der Waals surface area contributed by atoms with E-state index in [1.165, 1.54) is 12.2 Å². The first-order valence-electron chi connectivity index (χ1n) is 4.38. The average molecular weight is 176 g/mol. The quantitative estimate of drug-likeness (QED) is 0.628. The Morgan fingerprint density at radius 2 is 1.64 bits per heavy atom. The third kappa shape index (κ3) is 10.3. The summed E-state index contributed by atoms with van der Waals surface area (Å²) in [7, 11) is 0. The minimum absolute atomic E-state index is 0.124. The fraction of sp³-hybridized carbons (Fsp3) is 1.00. The van der Waals surface area contributed by atoms with E-state index in [0.717, 1.165) is 18.1 Å². The van der Waals surface area contributed by atoms with Crippen molar-refractivity contribution in [1.82, 2.24) is 0 Å². The lowest BCUT2D eigenvalue weighted by Gasteiger charge is -2.05. The second-order valence-corrected chi connectivity index (χ2v) is 4.66. The molecule has 2 heteroatoms. The highest BCUT2D eigenvalue weighted by molar-refractivity contribution is 7.99. The zero-order chi connectivity index (χ0) is 8.69. The topological polar surface area (TPSA) is 20.2 Å². The lowest BCUT2D eigenvalue weighted by atomic mass is 10.2. The van der Waals surface area contributed by atoms with E-state index in [1.807, 2.05) is 18.7 Å². The largest absolute Gasteiger partial charge is 0.393 e. The predicted octanol–water partition coefficient (Wildman–Crippen LogP) is 2.54. The van der Waals surface area contributed by atoms with E-state index in [9.17, 15) is 0 Å². The lowest BCUT2D eigenvalue weighted by Crippen LogP contribution is -2.01. The third-order valence-electron chi connectivity index (χ3n) is 1.52. The van der Waals surface area contributed by atoms with E-state index < -0.39 is 0 Å². The van der Waals surface area contributed by atoms with Crippen molar-refractivity contribution in [2.45, 2.75) is 39.7 Å². The van der Waals surface area contributed by atoms with Crippen LogP contribution >= 0.6 is 11.8 Å². The maximum Gasteiger partial charge on any atom is 0.0520 e. The number of thioether (sulfide) groups is 1. The van der Waals surface area contributed by atoms with Crippen molar-refractivity contribution in [2.24, 2.45) is 5.92 Å². The Morgan fingerprint density at radius 1 is 1.09 bits per heavy atom. The van der Waals surface area contributed by atoms with Gasteiger partial charge < -0.3 is 5.11 Å². The molecule has 0 heterocycles. The van der Waals surface area contributed by atoms with Crippen LogP contribution in [-0.2, 0) is 0 Å². The van der Waals surface area contributed by atoms with Gasteiger partial charge in [-0.3, -0.25) is 0 Å². The summed E-state index contributed by atoms with van der Waals surface area (Å²) in [5.41, 5.74) is 0. The number of aliphatic hydroxyl groups excluding tert-OH is 1. The number of hydrogen-bond acceptors (Lipinski definition) is 2. The minimum atomic E-state index is -0.124. The summed E-state index contributed by atoms with van der Waals surface area (Å²) in [4.78, 5) is 0. The molecule has 0 aliphatic heterocycles. The first-order valence-corrected chi connectivity index (χ1v) is 5.54. The fourth-order valence-corrected chi connectivity index (χ4v) is 2.02. The molecule has 0 saturated heterocycles. The van der Waals surface area contributed by atoms with Crippen LogP contribution in [0.3, 0.4) is 0 Å². The summed E-state index contributed by atoms with van der Waals surface area (Å²) in [5.74, 6) is 3.16. The molecule has 0 amide bonds. The van der Waals surface area contributed by atoms with Crippen LogP contribution in [-0.4, -0.2) is 22.7 Å². The maximum atomic E-state index is 8.95. The first-order chi connectivity index (χ1) is 5.13. The summed E-state index contributed by atoms with van der Waals surface area (Å²) in [6, 6.07) is 0. The van der Waals surface area contributed by atoms with Crippen LogP contribution in [0.4, 0.5) is 0 Å². The molecule has 1 N–H and O–H groups in total. The Balaban J connectivity index is 2.91. The van der Waals surface area contributed by atoms with Gasteiger partial charge in [-0.15, -0.1) is 0 Å². The van der Waals surface area contributed by atoms with E-state index in [1.54, 1.807) is 0 Å². The zero-order valence-corrected chi connectivity index (χ0v) is 8.66. The number of hydrogen-bond donors (Lipinski definition) is 1. The summed E-state index contributed by atoms with van der Waals surface area (Å²) in [6.45, 7) is 6.34. The van der Waals surface area contributed by atoms with Gasteiger partial charge in [-0.1, -0.05) is 13.8 Å². The molecule has 0 aromatic carbocycles. The molecule has 0 aromatic heterocycles. The molecule has 0 aromatic rings. The SMILES string of the molecule is CC(C)CCSCCC(C)O. The summed E-state index contributed by atoms with van der Waals surface area (Å²) < 4.78 is 0. The highest BCUT2D eigenvalue weighted by Gasteiger charge is 1.96. The molecule has 0 bridgehead atoms. The molecule has 1 unspecified atom stereocenters. The number of rotatable bonds is 6. The molecule has 0 aliphatic rings. The Kier molecular flexibility index (Phi) is 7.18. The Labute approximate surface area is 74.6 Å². The fourth-order valence-electron chi connectivity index (χ4n) is 0.675.